The number of thiazole rings is 1. The van der Waals surface area contributed by atoms with Crippen LogP contribution < -0.4 is 10.5 Å². The maximum Gasteiger partial charge on any atom is 0.354 e. The molecule has 162 valence electrons. The van der Waals surface area contributed by atoms with Crippen molar-refractivity contribution in [3.05, 3.63) is 59.0 Å². The van der Waals surface area contributed by atoms with Crippen LogP contribution in [0.5, 0.6) is 0 Å². The van der Waals surface area contributed by atoms with Crippen LogP contribution in [0.25, 0.3) is 11.1 Å². The maximum absolute atomic E-state index is 12.9. The van der Waals surface area contributed by atoms with Crippen molar-refractivity contribution in [1.82, 2.24) is 9.97 Å². The van der Waals surface area contributed by atoms with E-state index in [1.54, 1.807) is 26.2 Å². The molecular weight excluding hydrogens is 434 g/mol. The number of aliphatic hydroxyl groups is 1. The second-order valence-electron chi connectivity index (χ2n) is 7.85. The van der Waals surface area contributed by atoms with Crippen LogP contribution in [-0.2, 0) is 28.4 Å². The van der Waals surface area contributed by atoms with Crippen molar-refractivity contribution >= 4 is 33.0 Å². The Balaban J connectivity index is 1.70. The first-order valence-corrected chi connectivity index (χ1v) is 12.1. The number of pyridine rings is 1. The van der Waals surface area contributed by atoms with E-state index < -0.39 is 21.5 Å². The van der Waals surface area contributed by atoms with Gasteiger partial charge in [-0.25, -0.2) is 19.1 Å². The van der Waals surface area contributed by atoms with Crippen LogP contribution in [0.3, 0.4) is 0 Å². The first-order valence-electron chi connectivity index (χ1n) is 9.75. The maximum atomic E-state index is 12.9. The van der Waals surface area contributed by atoms with Gasteiger partial charge in [-0.15, -0.1) is 15.7 Å². The van der Waals surface area contributed by atoms with Crippen LogP contribution in [0.1, 0.15) is 36.4 Å². The van der Waals surface area contributed by atoms with Gasteiger partial charge in [0.2, 0.25) is 0 Å². The molecule has 8 nitrogen and oxygen atoms in total. The minimum atomic E-state index is -3.51. The zero-order valence-electron chi connectivity index (χ0n) is 17.2. The quantitative estimate of drug-likeness (QED) is 0.548. The van der Waals surface area contributed by atoms with E-state index in [0.29, 0.717) is 10.7 Å². The zero-order valence-corrected chi connectivity index (χ0v) is 18.8. The molecule has 2 amide bonds. The summed E-state index contributed by atoms with van der Waals surface area (Å²) < 4.78 is 16.8. The molecule has 1 aromatic carbocycles. The van der Waals surface area contributed by atoms with Crippen LogP contribution in [-0.4, -0.2) is 25.3 Å². The molecule has 1 atom stereocenters. The topological polar surface area (TPSA) is 131 Å². The number of carbonyl (C=O) groups is 1. The van der Waals surface area contributed by atoms with E-state index in [-0.39, 0.29) is 4.21 Å². The third-order valence-electron chi connectivity index (χ3n) is 5.02. The number of hydrogen-bond donors (Lipinski definition) is 3. The Morgan fingerprint density at radius 1 is 1.26 bits per heavy atom. The highest BCUT2D eigenvalue weighted by atomic mass is 32.2. The molecule has 1 aliphatic carbocycles. The molecule has 4 rings (SSSR count). The molecule has 3 aromatic rings. The second kappa shape index (κ2) is 8.12. The molecule has 0 saturated carbocycles. The van der Waals surface area contributed by atoms with Crippen LogP contribution in [0.4, 0.5) is 10.5 Å². The third-order valence-corrected chi connectivity index (χ3v) is 8.21. The fourth-order valence-electron chi connectivity index (χ4n) is 3.56. The number of urea groups is 1. The van der Waals surface area contributed by atoms with E-state index in [1.807, 2.05) is 18.2 Å². The lowest BCUT2D eigenvalue weighted by Crippen LogP contribution is -2.18. The van der Waals surface area contributed by atoms with Gasteiger partial charge in [0.05, 0.1) is 11.9 Å². The van der Waals surface area contributed by atoms with Gasteiger partial charge in [-0.3, -0.25) is 4.98 Å². The highest BCUT2D eigenvalue weighted by Crippen LogP contribution is 2.37. The van der Waals surface area contributed by atoms with Gasteiger partial charge >= 0.3 is 6.03 Å². The average molecular weight is 458 g/mol. The molecular formula is C21H23N5O3S2. The zero-order chi connectivity index (χ0) is 22.2. The summed E-state index contributed by atoms with van der Waals surface area (Å²) in [6.45, 7) is 3.13. The van der Waals surface area contributed by atoms with E-state index >= 15 is 0 Å². The fraction of sp³-hybridized carbons (Fsp3) is 0.286. The smallest absolute Gasteiger partial charge is 0.354 e. The van der Waals surface area contributed by atoms with Crippen molar-refractivity contribution in [2.45, 2.75) is 42.9 Å². The summed E-state index contributed by atoms with van der Waals surface area (Å²) in [6, 6.07) is 6.98. The van der Waals surface area contributed by atoms with Crippen molar-refractivity contribution in [3.8, 4) is 11.1 Å². The Morgan fingerprint density at radius 2 is 2.00 bits per heavy atom. The number of aryl methyl sites for hydroxylation is 1. The number of rotatable bonds is 4. The molecule has 4 N–H and O–H groups in total. The molecule has 0 radical (unpaired) electrons. The molecule has 0 spiro atoms. The molecule has 0 aliphatic heterocycles. The number of aromatic nitrogens is 2. The summed E-state index contributed by atoms with van der Waals surface area (Å²) in [6.07, 6.45) is 7.46. The Labute approximate surface area is 184 Å². The van der Waals surface area contributed by atoms with Gasteiger partial charge in [0, 0.05) is 18.0 Å². The molecule has 1 aliphatic rings. The Morgan fingerprint density at radius 3 is 2.68 bits per heavy atom. The number of nitrogens with two attached hydrogens (primary N) is 1. The number of benzene rings is 1. The van der Waals surface area contributed by atoms with Crippen molar-refractivity contribution < 1.29 is 14.1 Å². The molecule has 10 heteroatoms. The van der Waals surface area contributed by atoms with Crippen molar-refractivity contribution in [2.24, 2.45) is 9.50 Å². The van der Waals surface area contributed by atoms with Crippen LogP contribution in [0.2, 0.25) is 0 Å². The average Bonchev–Trinajstić information content (AvgIpc) is 3.38. The molecule has 2 aromatic heterocycles. The lowest BCUT2D eigenvalue weighted by atomic mass is 9.98. The Kier molecular flexibility index (Phi) is 5.65. The normalized spacial score (nSPS) is 15.2. The van der Waals surface area contributed by atoms with Crippen LogP contribution >= 0.6 is 11.3 Å². The monoisotopic (exact) mass is 457 g/mol. The number of nitrogens with one attached hydrogen (secondary N) is 1. The van der Waals surface area contributed by atoms with Gasteiger partial charge in [0.15, 0.2) is 9.92 Å². The summed E-state index contributed by atoms with van der Waals surface area (Å²) in [4.78, 5) is 20.9. The first kappa shape index (κ1) is 21.6. The second-order valence-corrected chi connectivity index (χ2v) is 10.9. The molecule has 31 heavy (non-hydrogen) atoms. The lowest BCUT2D eigenvalue weighted by Gasteiger charge is -2.15. The Hall–Kier alpha value is -2.66. The van der Waals surface area contributed by atoms with Gasteiger partial charge in [0.1, 0.15) is 14.8 Å². The van der Waals surface area contributed by atoms with E-state index in [0.717, 1.165) is 47.3 Å². The number of nitrogens with zero attached hydrogens (tertiary/aromatic N) is 3. The van der Waals surface area contributed by atoms with Crippen LogP contribution in [0, 0.1) is 0 Å². The lowest BCUT2D eigenvalue weighted by molar-refractivity contribution is 0.0783. The van der Waals surface area contributed by atoms with Gasteiger partial charge < -0.3 is 10.4 Å². The van der Waals surface area contributed by atoms with E-state index in [4.69, 9.17) is 5.14 Å². The highest BCUT2D eigenvalue weighted by molar-refractivity contribution is 7.93. The fourth-order valence-corrected chi connectivity index (χ4v) is 5.62. The molecule has 0 saturated heterocycles. The van der Waals surface area contributed by atoms with Gasteiger partial charge in [-0.2, -0.15) is 0 Å². The Bertz CT molecular complexity index is 1260. The molecule has 0 fully saturated rings. The largest absolute Gasteiger partial charge is 0.383 e. The van der Waals surface area contributed by atoms with Crippen molar-refractivity contribution in [2.75, 3.05) is 5.32 Å². The predicted octanol–water partition coefficient (Wildman–Crippen LogP) is 3.85. The van der Waals surface area contributed by atoms with Gasteiger partial charge in [-0.1, -0.05) is 12.1 Å². The minimum Gasteiger partial charge on any atom is -0.383 e. The third kappa shape index (κ3) is 4.52. The minimum absolute atomic E-state index is 0.132. The summed E-state index contributed by atoms with van der Waals surface area (Å²) in [5.41, 5.74) is 3.45. The summed E-state index contributed by atoms with van der Waals surface area (Å²) in [5.74, 6) is 0. The SMILES string of the molecule is CC(C)(O)c1ncc(S(N)(=O)=NC(=O)Nc2c(-c3ccncc3)ccc3c2CCC3)s1. The number of hydrogen-bond acceptors (Lipinski definition) is 6. The standard InChI is InChI=1S/C21H23N5O3S2/c1-21(2,28)19-24-12-17(30-19)31(22,29)26-20(27)25-18-15-5-3-4-13(15)6-7-16(18)14-8-10-23-11-9-14/h6-12,28H,3-5H2,1-2H3,(H3,22,25,26,27,29). The molecule has 0 bridgehead atoms. The molecule has 1 unspecified atom stereocenters. The number of anilines is 1. The summed E-state index contributed by atoms with van der Waals surface area (Å²) in [5, 5.41) is 19.1. The summed E-state index contributed by atoms with van der Waals surface area (Å²) in [7, 11) is -3.51. The molecule has 2 heterocycles. The van der Waals surface area contributed by atoms with E-state index in [1.165, 1.54) is 11.8 Å². The van der Waals surface area contributed by atoms with Crippen LogP contribution in [0.15, 0.2) is 51.4 Å². The number of fused-ring (bicyclic) bond motifs is 1. The highest BCUT2D eigenvalue weighted by Gasteiger charge is 2.24. The summed E-state index contributed by atoms with van der Waals surface area (Å²) >= 11 is 0.973. The van der Waals surface area contributed by atoms with Gasteiger partial charge in [-0.05, 0) is 61.9 Å². The first-order chi connectivity index (χ1) is 14.6. The number of amides is 2. The van der Waals surface area contributed by atoms with E-state index in [2.05, 4.69) is 25.7 Å². The predicted molar refractivity (Wildman–Crippen MR) is 121 cm³/mol. The van der Waals surface area contributed by atoms with Crippen molar-refractivity contribution in [1.29, 1.82) is 0 Å². The number of carbonyl (C=O) groups excluding carboxylic acids is 1. The van der Waals surface area contributed by atoms with Crippen molar-refractivity contribution in [3.63, 3.8) is 0 Å². The van der Waals surface area contributed by atoms with Gasteiger partial charge in [0.25, 0.3) is 0 Å². The van der Waals surface area contributed by atoms with E-state index in [9.17, 15) is 14.1 Å².